The summed E-state index contributed by atoms with van der Waals surface area (Å²) in [5.41, 5.74) is 2.37. The summed E-state index contributed by atoms with van der Waals surface area (Å²) in [5, 5.41) is 9.63. The molecule has 0 saturated heterocycles. The number of carbonyl (C=O) groups excluding carboxylic acids is 1. The van der Waals surface area contributed by atoms with Gasteiger partial charge in [0.2, 0.25) is 0 Å². The number of hydrogen-bond acceptors (Lipinski definition) is 3. The zero-order valence-electron chi connectivity index (χ0n) is 18.1. The number of carbonyl (C=O) groups is 1. The van der Waals surface area contributed by atoms with Crippen LogP contribution in [-0.4, -0.2) is 17.7 Å². The number of halogens is 1. The highest BCUT2D eigenvalue weighted by molar-refractivity contribution is 9.08. The van der Waals surface area contributed by atoms with E-state index in [-0.39, 0.29) is 5.97 Å². The molecular formula is C26H37BrO3. The Hall–Kier alpha value is -1.65. The lowest BCUT2D eigenvalue weighted by Crippen LogP contribution is -2.04. The summed E-state index contributed by atoms with van der Waals surface area (Å²) in [5.74, 6) is -0.0899. The average Bonchev–Trinajstić information content (AvgIpc) is 2.80. The molecule has 0 radical (unpaired) electrons. The van der Waals surface area contributed by atoms with Crippen molar-refractivity contribution in [2.24, 2.45) is 0 Å². The Balaban J connectivity index is 0.000000467. The van der Waals surface area contributed by atoms with Crippen molar-refractivity contribution < 1.29 is 14.6 Å². The van der Waals surface area contributed by atoms with E-state index in [0.717, 1.165) is 36.6 Å². The van der Waals surface area contributed by atoms with Gasteiger partial charge in [-0.15, -0.1) is 0 Å². The van der Waals surface area contributed by atoms with Gasteiger partial charge >= 0.3 is 5.97 Å². The van der Waals surface area contributed by atoms with Gasteiger partial charge in [0.05, 0.1) is 0 Å². The second kappa shape index (κ2) is 19.3. The van der Waals surface area contributed by atoms with E-state index in [1.54, 1.807) is 0 Å². The molecule has 0 heterocycles. The fraction of sp³-hybridized carbons (Fsp3) is 0.500. The van der Waals surface area contributed by atoms with E-state index in [1.807, 2.05) is 48.5 Å². The highest BCUT2D eigenvalue weighted by Gasteiger charge is 2.03. The van der Waals surface area contributed by atoms with Crippen molar-refractivity contribution in [1.82, 2.24) is 0 Å². The maximum atomic E-state index is 11.6. The quantitative estimate of drug-likeness (QED) is 0.178. The second-order valence-corrected chi connectivity index (χ2v) is 7.98. The maximum absolute atomic E-state index is 11.6. The first-order valence-corrected chi connectivity index (χ1v) is 12.3. The van der Waals surface area contributed by atoms with Gasteiger partial charge < -0.3 is 9.84 Å². The minimum absolute atomic E-state index is 0.0899. The van der Waals surface area contributed by atoms with Crippen LogP contribution < -0.4 is 0 Å². The molecule has 166 valence electrons. The Morgan fingerprint density at radius 1 is 0.700 bits per heavy atom. The van der Waals surface area contributed by atoms with Crippen molar-refractivity contribution in [1.29, 1.82) is 0 Å². The van der Waals surface area contributed by atoms with Gasteiger partial charge in [0.25, 0.3) is 0 Å². The summed E-state index contributed by atoms with van der Waals surface area (Å²) < 4.78 is 5.25. The number of unbranched alkanes of at least 4 members (excludes halogenated alkanes) is 8. The molecule has 0 atom stereocenters. The monoisotopic (exact) mass is 476 g/mol. The van der Waals surface area contributed by atoms with E-state index in [2.05, 4.69) is 28.1 Å². The number of hydrogen-bond donors (Lipinski definition) is 1. The molecule has 0 aliphatic rings. The van der Waals surface area contributed by atoms with Gasteiger partial charge in [-0.3, -0.25) is 4.79 Å². The van der Waals surface area contributed by atoms with Gasteiger partial charge in [0.1, 0.15) is 6.61 Å². The first-order valence-electron chi connectivity index (χ1n) is 11.2. The number of aliphatic hydroxyl groups is 1. The smallest absolute Gasteiger partial charge is 0.306 e. The summed E-state index contributed by atoms with van der Waals surface area (Å²) in [4.78, 5) is 11.6. The average molecular weight is 477 g/mol. The van der Waals surface area contributed by atoms with Crippen LogP contribution in [0.4, 0.5) is 0 Å². The van der Waals surface area contributed by atoms with Gasteiger partial charge in [0.15, 0.2) is 0 Å². The lowest BCUT2D eigenvalue weighted by atomic mass is 10.1. The lowest BCUT2D eigenvalue weighted by Gasteiger charge is -2.05. The Bertz CT molecular complexity index is 631. The number of rotatable bonds is 14. The number of benzene rings is 2. The van der Waals surface area contributed by atoms with Crippen LogP contribution in [0.5, 0.6) is 0 Å². The summed E-state index contributed by atoms with van der Waals surface area (Å²) in [7, 11) is 0. The zero-order chi connectivity index (χ0) is 21.7. The number of alkyl halides is 1. The summed E-state index contributed by atoms with van der Waals surface area (Å²) in [6, 6.07) is 20.1. The molecule has 1 N–H and O–H groups in total. The van der Waals surface area contributed by atoms with E-state index >= 15 is 0 Å². The molecule has 4 heteroatoms. The molecule has 0 aliphatic heterocycles. The molecule has 2 aromatic rings. The van der Waals surface area contributed by atoms with Crippen LogP contribution >= 0.6 is 15.9 Å². The molecule has 0 aliphatic carbocycles. The van der Waals surface area contributed by atoms with Crippen molar-refractivity contribution in [3.63, 3.8) is 0 Å². The molecule has 0 spiro atoms. The molecule has 2 aromatic carbocycles. The fourth-order valence-electron chi connectivity index (χ4n) is 3.00. The van der Waals surface area contributed by atoms with Crippen LogP contribution in [0.25, 0.3) is 0 Å². The van der Waals surface area contributed by atoms with Crippen LogP contribution in [0, 0.1) is 0 Å². The molecule has 0 unspecified atom stereocenters. The minimum atomic E-state index is -0.0899. The minimum Gasteiger partial charge on any atom is -0.461 e. The molecule has 0 bridgehead atoms. The number of esters is 1. The highest BCUT2D eigenvalue weighted by Crippen LogP contribution is 2.11. The van der Waals surface area contributed by atoms with Crippen molar-refractivity contribution in [3.8, 4) is 0 Å². The zero-order valence-corrected chi connectivity index (χ0v) is 19.7. The number of aliphatic hydroxyl groups excluding tert-OH is 1. The third kappa shape index (κ3) is 15.2. The molecule has 0 saturated carbocycles. The summed E-state index contributed by atoms with van der Waals surface area (Å²) >= 11 is 3.36. The first-order chi connectivity index (χ1) is 14.8. The van der Waals surface area contributed by atoms with E-state index in [0.29, 0.717) is 19.6 Å². The van der Waals surface area contributed by atoms with Crippen LogP contribution in [0.3, 0.4) is 0 Å². The van der Waals surface area contributed by atoms with E-state index < -0.39 is 0 Å². The van der Waals surface area contributed by atoms with E-state index in [4.69, 9.17) is 9.84 Å². The Kier molecular flexibility index (Phi) is 17.0. The van der Waals surface area contributed by atoms with Crippen molar-refractivity contribution in [3.05, 3.63) is 71.8 Å². The standard InChI is InChI=1S/C19H30O3.C7H7Br/c20-16-12-7-5-3-1-2-4-6-11-15-19(21)22-17-18-13-9-8-10-14-18;8-6-7-4-2-1-3-5-7/h8-10,13-14,20H,1-7,11-12,15-17H2;1-5H,6H2. The van der Waals surface area contributed by atoms with Gasteiger partial charge in [0, 0.05) is 18.4 Å². The third-order valence-electron chi connectivity index (χ3n) is 4.78. The van der Waals surface area contributed by atoms with Crippen molar-refractivity contribution >= 4 is 21.9 Å². The molecule has 30 heavy (non-hydrogen) atoms. The molecule has 2 rings (SSSR count). The Morgan fingerprint density at radius 3 is 1.63 bits per heavy atom. The summed E-state index contributed by atoms with van der Waals surface area (Å²) in [6.07, 6.45) is 10.9. The normalized spacial score (nSPS) is 10.2. The van der Waals surface area contributed by atoms with Gasteiger partial charge in [-0.1, -0.05) is 122 Å². The van der Waals surface area contributed by atoms with Gasteiger partial charge in [-0.2, -0.15) is 0 Å². The summed E-state index contributed by atoms with van der Waals surface area (Å²) in [6.45, 7) is 0.702. The maximum Gasteiger partial charge on any atom is 0.306 e. The predicted octanol–water partition coefficient (Wildman–Crippen LogP) is 7.20. The van der Waals surface area contributed by atoms with Crippen LogP contribution in [0.15, 0.2) is 60.7 Å². The second-order valence-electron chi connectivity index (χ2n) is 7.42. The Labute approximate surface area is 191 Å². The SMILES string of the molecule is BrCc1ccccc1.O=C(CCCCCCCCCCCO)OCc1ccccc1. The molecular weight excluding hydrogens is 440 g/mol. The fourth-order valence-corrected chi connectivity index (χ4v) is 3.37. The van der Waals surface area contributed by atoms with Crippen LogP contribution in [0.1, 0.15) is 75.3 Å². The van der Waals surface area contributed by atoms with Gasteiger partial charge in [-0.25, -0.2) is 0 Å². The third-order valence-corrected chi connectivity index (χ3v) is 5.43. The topological polar surface area (TPSA) is 46.5 Å². The van der Waals surface area contributed by atoms with E-state index in [1.165, 1.54) is 37.7 Å². The number of ether oxygens (including phenoxy) is 1. The highest BCUT2D eigenvalue weighted by atomic mass is 79.9. The lowest BCUT2D eigenvalue weighted by molar-refractivity contribution is -0.145. The predicted molar refractivity (Wildman–Crippen MR) is 129 cm³/mol. The van der Waals surface area contributed by atoms with Gasteiger partial charge in [-0.05, 0) is 24.0 Å². The van der Waals surface area contributed by atoms with Crippen LogP contribution in [0.2, 0.25) is 0 Å². The van der Waals surface area contributed by atoms with Crippen molar-refractivity contribution in [2.75, 3.05) is 6.61 Å². The largest absolute Gasteiger partial charge is 0.461 e. The molecule has 0 amide bonds. The van der Waals surface area contributed by atoms with Crippen molar-refractivity contribution in [2.45, 2.75) is 76.1 Å². The Morgan fingerprint density at radius 2 is 1.17 bits per heavy atom. The first kappa shape index (κ1) is 26.4. The molecule has 3 nitrogen and oxygen atoms in total. The van der Waals surface area contributed by atoms with Crippen LogP contribution in [-0.2, 0) is 21.5 Å². The molecule has 0 aromatic heterocycles. The molecule has 0 fully saturated rings. The van der Waals surface area contributed by atoms with E-state index in [9.17, 15) is 4.79 Å².